The van der Waals surface area contributed by atoms with Crippen LogP contribution in [0, 0.1) is 0 Å². The number of fused-ring (bicyclic) bond motifs is 3. The standard InChI is InChI=1S/C33H33.C21H26.C5H5.Zr/c1-32(2,3)30-20-26-24(18-28(30)22-13-9-7-10-14-22)17-25-19-29(23-15-11-8-12-16-23)31(21-27(25)26)33(4,5)6;1-20(2,3)18-11-7-16(8-12-18)15-17-9-13-19(14-10-17)21(4,5)6;1-2-4-5-3-1;/h7-16,18,20-21H,17H2,1-6H3;7-14H,1-6H3;1-3H,4H2;. The van der Waals surface area contributed by atoms with Gasteiger partial charge in [0.25, 0.3) is 0 Å². The molecule has 0 bridgehead atoms. The van der Waals surface area contributed by atoms with Crippen LogP contribution in [0.2, 0.25) is 0 Å². The normalized spacial score (nSPS) is 13.9. The van der Waals surface area contributed by atoms with Crippen molar-refractivity contribution in [3.63, 3.8) is 0 Å². The fourth-order valence-corrected chi connectivity index (χ4v) is 17.9. The van der Waals surface area contributed by atoms with Crippen LogP contribution >= 0.6 is 0 Å². The van der Waals surface area contributed by atoms with Gasteiger partial charge in [0.15, 0.2) is 0 Å². The van der Waals surface area contributed by atoms with E-state index in [-0.39, 0.29) is 21.7 Å². The summed E-state index contributed by atoms with van der Waals surface area (Å²) in [6.07, 6.45) is 9.22. The summed E-state index contributed by atoms with van der Waals surface area (Å²) in [5.74, 6) is 0. The van der Waals surface area contributed by atoms with E-state index in [2.05, 4.69) is 229 Å². The van der Waals surface area contributed by atoms with Gasteiger partial charge in [0.1, 0.15) is 0 Å². The van der Waals surface area contributed by atoms with Gasteiger partial charge in [-0.1, -0.05) is 0 Å². The molecule has 6 aromatic rings. The van der Waals surface area contributed by atoms with Crippen LogP contribution < -0.4 is 3.27 Å². The molecule has 2 aliphatic carbocycles. The van der Waals surface area contributed by atoms with Crippen LogP contribution in [0.3, 0.4) is 0 Å². The molecule has 0 aromatic heterocycles. The molecule has 0 saturated heterocycles. The average Bonchev–Trinajstić information content (AvgIpc) is 3.87. The van der Waals surface area contributed by atoms with Crippen molar-refractivity contribution in [2.75, 3.05) is 0 Å². The molecule has 0 unspecified atom stereocenters. The Bertz CT molecular complexity index is 2590. The second-order valence-electron chi connectivity index (χ2n) is 21.4. The van der Waals surface area contributed by atoms with Gasteiger partial charge in [-0.05, 0) is 0 Å². The van der Waals surface area contributed by atoms with Gasteiger partial charge in [-0.15, -0.1) is 0 Å². The molecule has 0 radical (unpaired) electrons. The number of benzene rings is 6. The predicted molar refractivity (Wildman–Crippen MR) is 258 cm³/mol. The maximum absolute atomic E-state index is 3.14. The van der Waals surface area contributed by atoms with E-state index in [1.165, 1.54) is 72.3 Å². The van der Waals surface area contributed by atoms with Gasteiger partial charge in [0.2, 0.25) is 0 Å². The molecule has 1 heteroatoms. The molecule has 6 aromatic carbocycles. The molecular formula is C59H64Zr. The zero-order valence-corrected chi connectivity index (χ0v) is 40.7. The van der Waals surface area contributed by atoms with E-state index >= 15 is 0 Å². The fraction of sp³-hybridized carbons (Fsp3) is 0.305. The first kappa shape index (κ1) is 42.3. The van der Waals surface area contributed by atoms with E-state index < -0.39 is 21.3 Å². The van der Waals surface area contributed by atoms with Crippen molar-refractivity contribution < 1.29 is 21.3 Å². The van der Waals surface area contributed by atoms with Crippen LogP contribution in [0.5, 0.6) is 0 Å². The molecule has 2 aliphatic rings. The summed E-state index contributed by atoms with van der Waals surface area (Å²) < 4.78 is 4.88. The van der Waals surface area contributed by atoms with Crippen molar-refractivity contribution in [2.45, 2.75) is 118 Å². The van der Waals surface area contributed by atoms with Crippen LogP contribution in [0.4, 0.5) is 0 Å². The van der Waals surface area contributed by atoms with Gasteiger partial charge in [0, 0.05) is 0 Å². The van der Waals surface area contributed by atoms with Crippen LogP contribution in [-0.4, -0.2) is 3.21 Å². The first-order chi connectivity index (χ1) is 28.3. The minimum atomic E-state index is -3.14. The van der Waals surface area contributed by atoms with Gasteiger partial charge in [-0.25, -0.2) is 0 Å². The van der Waals surface area contributed by atoms with Crippen LogP contribution in [0.25, 0.3) is 33.4 Å². The summed E-state index contributed by atoms with van der Waals surface area (Å²) in [5.41, 5.74) is 19.8. The van der Waals surface area contributed by atoms with Gasteiger partial charge >= 0.3 is 372 Å². The van der Waals surface area contributed by atoms with Gasteiger partial charge in [-0.2, -0.15) is 0 Å². The molecule has 0 nitrogen and oxygen atoms in total. The Hall–Kier alpha value is -4.45. The third-order valence-corrected chi connectivity index (χ3v) is 20.5. The first-order valence-corrected chi connectivity index (χ1v) is 25.8. The van der Waals surface area contributed by atoms with Gasteiger partial charge < -0.3 is 0 Å². The minimum absolute atomic E-state index is 0.0245. The maximum atomic E-state index is 2.62. The number of hydrogen-bond donors (Lipinski definition) is 0. The second-order valence-corrected chi connectivity index (χ2v) is 27.3. The zero-order chi connectivity index (χ0) is 42.8. The molecule has 0 N–H and O–H groups in total. The van der Waals surface area contributed by atoms with Crippen molar-refractivity contribution in [1.82, 2.24) is 0 Å². The van der Waals surface area contributed by atoms with E-state index in [1.54, 1.807) is 15.3 Å². The molecule has 8 rings (SSSR count). The molecule has 0 heterocycles. The summed E-state index contributed by atoms with van der Waals surface area (Å²) >= 11 is -3.14. The van der Waals surface area contributed by atoms with Gasteiger partial charge in [0.05, 0.1) is 0 Å². The summed E-state index contributed by atoms with van der Waals surface area (Å²) in [7, 11) is 0. The number of hydrogen-bond acceptors (Lipinski definition) is 0. The predicted octanol–water partition coefficient (Wildman–Crippen LogP) is 15.1. The third-order valence-electron chi connectivity index (χ3n) is 12.8. The van der Waals surface area contributed by atoms with E-state index in [9.17, 15) is 0 Å². The number of rotatable bonds is 6. The Labute approximate surface area is 369 Å². The summed E-state index contributed by atoms with van der Waals surface area (Å²) in [4.78, 5) is 0. The van der Waals surface area contributed by atoms with Crippen LogP contribution in [-0.2, 0) is 49.3 Å². The van der Waals surface area contributed by atoms with E-state index in [0.29, 0.717) is 0 Å². The zero-order valence-electron chi connectivity index (χ0n) is 38.3. The quantitative estimate of drug-likeness (QED) is 0.156. The molecule has 0 saturated carbocycles. The monoisotopic (exact) mass is 862 g/mol. The Morgan fingerprint density at radius 2 is 0.983 bits per heavy atom. The Morgan fingerprint density at radius 3 is 1.45 bits per heavy atom. The Kier molecular flexibility index (Phi) is 11.1. The molecular weight excluding hydrogens is 800 g/mol. The van der Waals surface area contributed by atoms with Crippen molar-refractivity contribution in [1.29, 1.82) is 0 Å². The molecule has 0 aliphatic heterocycles. The van der Waals surface area contributed by atoms with E-state index in [0.717, 1.165) is 12.8 Å². The topological polar surface area (TPSA) is 0 Å². The van der Waals surface area contributed by atoms with Crippen molar-refractivity contribution in [3.8, 4) is 33.4 Å². The first-order valence-electron chi connectivity index (χ1n) is 22.1. The summed E-state index contributed by atoms with van der Waals surface area (Å²) in [5, 5.41) is 0. The molecule has 0 spiro atoms. The Morgan fingerprint density at radius 1 is 0.483 bits per heavy atom. The number of allylic oxidation sites excluding steroid dienone is 4. The molecule has 304 valence electrons. The molecule has 0 fully saturated rings. The third kappa shape index (κ3) is 8.17. The van der Waals surface area contributed by atoms with Gasteiger partial charge in [-0.3, -0.25) is 0 Å². The second kappa shape index (κ2) is 15.8. The van der Waals surface area contributed by atoms with E-state index in [1.807, 2.05) is 0 Å². The molecule has 0 amide bonds. The summed E-state index contributed by atoms with van der Waals surface area (Å²) in [6, 6.07) is 49.8. The van der Waals surface area contributed by atoms with Crippen molar-refractivity contribution in [3.05, 3.63) is 193 Å². The summed E-state index contributed by atoms with van der Waals surface area (Å²) in [6.45, 7) is 28.4. The molecule has 60 heavy (non-hydrogen) atoms. The van der Waals surface area contributed by atoms with Crippen LogP contribution in [0.15, 0.2) is 149 Å². The Balaban J connectivity index is 1.55. The van der Waals surface area contributed by atoms with Crippen molar-refractivity contribution in [2.24, 2.45) is 0 Å². The van der Waals surface area contributed by atoms with Crippen molar-refractivity contribution >= 4 is 6.48 Å². The molecule has 0 atom stereocenters. The fourth-order valence-electron chi connectivity index (χ4n) is 9.44. The van der Waals surface area contributed by atoms with Crippen LogP contribution in [0.1, 0.15) is 134 Å². The van der Waals surface area contributed by atoms with E-state index in [4.69, 9.17) is 0 Å². The SMILES string of the molecule is CC(C)(C)c1ccc([C](c2ccc(C(C)(C)C)cc2)=[Zr]([C]2=CC=CC2)[c]2c3c(cc(C(C)(C)C)c2-c2ccccc2)-c2cc(C(C)(C)C)c(-c4ccccc4)cc2C3)cc1. The average molecular weight is 864 g/mol.